The molecule has 116 valence electrons. The summed E-state index contributed by atoms with van der Waals surface area (Å²) in [5, 5.41) is 6.47. The first-order chi connectivity index (χ1) is 9.83. The Bertz CT molecular complexity index is 499. The Kier molecular flexibility index (Phi) is 5.14. The number of para-hydroxylation sites is 1. The number of carbonyl (C=O) groups is 1. The molecule has 1 aliphatic carbocycles. The monoisotopic (exact) mass is 354 g/mol. The molecule has 2 unspecified atom stereocenters. The van der Waals surface area contributed by atoms with Crippen LogP contribution < -0.4 is 10.6 Å². The van der Waals surface area contributed by atoms with E-state index < -0.39 is 5.60 Å². The summed E-state index contributed by atoms with van der Waals surface area (Å²) in [6, 6.07) is 8.64. The minimum atomic E-state index is -0.449. The maximum atomic E-state index is 11.8. The highest BCUT2D eigenvalue weighted by molar-refractivity contribution is 9.10. The number of halogens is 1. The van der Waals surface area contributed by atoms with E-state index >= 15 is 0 Å². The standard InChI is InChI=1S/C16H23BrN2O2/c1-16(2,3)21-15(20)19-12-9-8-11(10-12)18-14-7-5-4-6-13(14)17/h4-7,11-12,18H,8-10H2,1-3H3,(H,19,20). The highest BCUT2D eigenvalue weighted by atomic mass is 79.9. The lowest BCUT2D eigenvalue weighted by atomic mass is 10.2. The Morgan fingerprint density at radius 3 is 2.57 bits per heavy atom. The second kappa shape index (κ2) is 6.69. The molecule has 1 saturated carbocycles. The van der Waals surface area contributed by atoms with Crippen molar-refractivity contribution in [3.63, 3.8) is 0 Å². The maximum absolute atomic E-state index is 11.8. The van der Waals surface area contributed by atoms with Crippen molar-refractivity contribution in [2.24, 2.45) is 0 Å². The number of ether oxygens (including phenoxy) is 1. The van der Waals surface area contributed by atoms with Crippen molar-refractivity contribution >= 4 is 27.7 Å². The number of alkyl carbamates (subject to hydrolysis) is 1. The summed E-state index contributed by atoms with van der Waals surface area (Å²) in [7, 11) is 0. The molecule has 2 atom stereocenters. The summed E-state index contributed by atoms with van der Waals surface area (Å²) >= 11 is 3.54. The van der Waals surface area contributed by atoms with Crippen molar-refractivity contribution in [2.45, 2.75) is 57.7 Å². The van der Waals surface area contributed by atoms with Gasteiger partial charge in [0.25, 0.3) is 0 Å². The molecule has 0 heterocycles. The van der Waals surface area contributed by atoms with E-state index in [2.05, 4.69) is 32.6 Å². The van der Waals surface area contributed by atoms with E-state index in [4.69, 9.17) is 4.74 Å². The topological polar surface area (TPSA) is 50.4 Å². The number of rotatable bonds is 3. The lowest BCUT2D eigenvalue weighted by molar-refractivity contribution is 0.0505. The highest BCUT2D eigenvalue weighted by Crippen LogP contribution is 2.27. The first-order valence-corrected chi connectivity index (χ1v) is 8.13. The van der Waals surface area contributed by atoms with Gasteiger partial charge in [-0.3, -0.25) is 0 Å². The highest BCUT2D eigenvalue weighted by Gasteiger charge is 2.27. The quantitative estimate of drug-likeness (QED) is 0.850. The lowest BCUT2D eigenvalue weighted by Crippen LogP contribution is -2.38. The van der Waals surface area contributed by atoms with Gasteiger partial charge in [0.1, 0.15) is 5.60 Å². The molecule has 0 spiro atoms. The molecule has 0 bridgehead atoms. The zero-order valence-electron chi connectivity index (χ0n) is 12.8. The van der Waals surface area contributed by atoms with Crippen LogP contribution in [0.2, 0.25) is 0 Å². The van der Waals surface area contributed by atoms with Crippen LogP contribution in [-0.2, 0) is 4.74 Å². The third kappa shape index (κ3) is 5.23. The fourth-order valence-corrected chi connectivity index (χ4v) is 2.92. The van der Waals surface area contributed by atoms with Gasteiger partial charge >= 0.3 is 6.09 Å². The lowest BCUT2D eigenvalue weighted by Gasteiger charge is -2.22. The third-order valence-electron chi connectivity index (χ3n) is 3.39. The molecule has 0 radical (unpaired) electrons. The van der Waals surface area contributed by atoms with Gasteiger partial charge in [-0.25, -0.2) is 4.79 Å². The Balaban J connectivity index is 1.81. The van der Waals surface area contributed by atoms with Gasteiger partial charge in [0, 0.05) is 22.2 Å². The van der Waals surface area contributed by atoms with Gasteiger partial charge in [0.2, 0.25) is 0 Å². The van der Waals surface area contributed by atoms with E-state index in [1.54, 1.807) is 0 Å². The summed E-state index contributed by atoms with van der Waals surface area (Å²) < 4.78 is 6.36. The molecule has 2 rings (SSSR count). The summed E-state index contributed by atoms with van der Waals surface area (Å²) in [4.78, 5) is 11.8. The van der Waals surface area contributed by atoms with Crippen molar-refractivity contribution in [3.05, 3.63) is 28.7 Å². The van der Waals surface area contributed by atoms with Crippen molar-refractivity contribution in [2.75, 3.05) is 5.32 Å². The average molecular weight is 355 g/mol. The number of anilines is 1. The Morgan fingerprint density at radius 1 is 1.24 bits per heavy atom. The summed E-state index contributed by atoms with van der Waals surface area (Å²) in [5.74, 6) is 0. The fraction of sp³-hybridized carbons (Fsp3) is 0.562. The van der Waals surface area contributed by atoms with E-state index in [0.29, 0.717) is 6.04 Å². The maximum Gasteiger partial charge on any atom is 0.407 e. The molecule has 1 fully saturated rings. The molecule has 0 aliphatic heterocycles. The number of amides is 1. The zero-order valence-corrected chi connectivity index (χ0v) is 14.4. The number of nitrogens with one attached hydrogen (secondary N) is 2. The number of hydrogen-bond acceptors (Lipinski definition) is 3. The van der Waals surface area contributed by atoms with Crippen LogP contribution in [0.25, 0.3) is 0 Å². The van der Waals surface area contributed by atoms with Crippen LogP contribution in [0.3, 0.4) is 0 Å². The Labute approximate surface area is 134 Å². The van der Waals surface area contributed by atoms with Crippen LogP contribution in [0, 0.1) is 0 Å². The molecular weight excluding hydrogens is 332 g/mol. The van der Waals surface area contributed by atoms with Gasteiger partial charge in [-0.1, -0.05) is 12.1 Å². The molecule has 21 heavy (non-hydrogen) atoms. The van der Waals surface area contributed by atoms with E-state index in [0.717, 1.165) is 29.4 Å². The molecular formula is C16H23BrN2O2. The summed E-state index contributed by atoms with van der Waals surface area (Å²) in [6.07, 6.45) is 2.61. The van der Waals surface area contributed by atoms with Gasteiger partial charge in [-0.2, -0.15) is 0 Å². The minimum Gasteiger partial charge on any atom is -0.444 e. The molecule has 1 aliphatic rings. The number of carbonyl (C=O) groups excluding carboxylic acids is 1. The molecule has 1 amide bonds. The average Bonchev–Trinajstić information content (AvgIpc) is 2.77. The van der Waals surface area contributed by atoms with Crippen molar-refractivity contribution in [1.82, 2.24) is 5.32 Å². The van der Waals surface area contributed by atoms with Crippen LogP contribution in [-0.4, -0.2) is 23.8 Å². The SMILES string of the molecule is CC(C)(C)OC(=O)NC1CCC(Nc2ccccc2Br)C1. The molecule has 4 nitrogen and oxygen atoms in total. The Hall–Kier alpha value is -1.23. The molecule has 0 aromatic heterocycles. The largest absolute Gasteiger partial charge is 0.444 e. The Morgan fingerprint density at radius 2 is 1.90 bits per heavy atom. The second-order valence-corrected chi connectivity index (χ2v) is 7.33. The van der Waals surface area contributed by atoms with Crippen molar-refractivity contribution in [1.29, 1.82) is 0 Å². The van der Waals surface area contributed by atoms with Gasteiger partial charge in [0.05, 0.1) is 0 Å². The molecule has 1 aromatic rings. The van der Waals surface area contributed by atoms with Crippen molar-refractivity contribution < 1.29 is 9.53 Å². The smallest absolute Gasteiger partial charge is 0.407 e. The summed E-state index contributed by atoms with van der Waals surface area (Å²) in [5.41, 5.74) is 0.648. The van der Waals surface area contributed by atoms with Gasteiger partial charge in [-0.15, -0.1) is 0 Å². The predicted molar refractivity (Wildman–Crippen MR) is 88.6 cm³/mol. The van der Waals surface area contributed by atoms with Crippen LogP contribution in [0.5, 0.6) is 0 Å². The molecule has 0 saturated heterocycles. The first kappa shape index (κ1) is 16.1. The van der Waals surface area contributed by atoms with E-state index in [1.807, 2.05) is 39.0 Å². The fourth-order valence-electron chi connectivity index (χ4n) is 2.52. The van der Waals surface area contributed by atoms with Crippen LogP contribution >= 0.6 is 15.9 Å². The normalized spacial score (nSPS) is 21.9. The minimum absolute atomic E-state index is 0.180. The first-order valence-electron chi connectivity index (χ1n) is 7.34. The third-order valence-corrected chi connectivity index (χ3v) is 4.08. The van der Waals surface area contributed by atoms with Crippen LogP contribution in [0.15, 0.2) is 28.7 Å². The van der Waals surface area contributed by atoms with Gasteiger partial charge in [0.15, 0.2) is 0 Å². The van der Waals surface area contributed by atoms with Gasteiger partial charge in [-0.05, 0) is 68.1 Å². The molecule has 1 aromatic carbocycles. The zero-order chi connectivity index (χ0) is 15.5. The van der Waals surface area contributed by atoms with Crippen molar-refractivity contribution in [3.8, 4) is 0 Å². The van der Waals surface area contributed by atoms with E-state index in [1.165, 1.54) is 0 Å². The predicted octanol–water partition coefficient (Wildman–Crippen LogP) is 4.31. The van der Waals surface area contributed by atoms with E-state index in [9.17, 15) is 4.79 Å². The van der Waals surface area contributed by atoms with Crippen LogP contribution in [0.4, 0.5) is 10.5 Å². The number of hydrogen-bond donors (Lipinski definition) is 2. The van der Waals surface area contributed by atoms with E-state index in [-0.39, 0.29) is 12.1 Å². The van der Waals surface area contributed by atoms with Gasteiger partial charge < -0.3 is 15.4 Å². The number of benzene rings is 1. The van der Waals surface area contributed by atoms with Crippen LogP contribution in [0.1, 0.15) is 40.0 Å². The summed E-state index contributed by atoms with van der Waals surface area (Å²) in [6.45, 7) is 5.62. The molecule has 2 N–H and O–H groups in total. The second-order valence-electron chi connectivity index (χ2n) is 6.48. The molecule has 5 heteroatoms.